The highest BCUT2D eigenvalue weighted by Gasteiger charge is 2.25. The molecular formula is C25H35N3O2. The van der Waals surface area contributed by atoms with Gasteiger partial charge in [-0.15, -0.1) is 0 Å². The first kappa shape index (κ1) is 22.3. The molecule has 1 atom stereocenters. The van der Waals surface area contributed by atoms with Crippen LogP contribution in [0.3, 0.4) is 0 Å². The number of hydrogen-bond donors (Lipinski definition) is 1. The van der Waals surface area contributed by atoms with Gasteiger partial charge in [0.25, 0.3) is 0 Å². The fourth-order valence-electron chi connectivity index (χ4n) is 3.85. The minimum Gasteiger partial charge on any atom is -0.444 e. The van der Waals surface area contributed by atoms with Gasteiger partial charge in [-0.3, -0.25) is 9.80 Å². The standard InChI is InChI=1S/C25H35N3O2/c1-25(2,3)30-24(29)26-18-23-14-15-27(19-21-10-6-4-7-11-21)16-17-28(23)20-22-12-8-5-9-13-22/h4-13,23H,14-20H2,1-3H3,(H,26,29). The van der Waals surface area contributed by atoms with E-state index >= 15 is 0 Å². The van der Waals surface area contributed by atoms with Crippen molar-refractivity contribution < 1.29 is 9.53 Å². The van der Waals surface area contributed by atoms with Crippen LogP contribution >= 0.6 is 0 Å². The van der Waals surface area contributed by atoms with Gasteiger partial charge in [-0.2, -0.15) is 0 Å². The number of alkyl carbamates (subject to hydrolysis) is 1. The second kappa shape index (κ2) is 10.6. The van der Waals surface area contributed by atoms with Crippen LogP contribution in [0.1, 0.15) is 38.3 Å². The largest absolute Gasteiger partial charge is 0.444 e. The van der Waals surface area contributed by atoms with Crippen molar-refractivity contribution in [3.05, 3.63) is 71.8 Å². The summed E-state index contributed by atoms with van der Waals surface area (Å²) >= 11 is 0. The molecule has 162 valence electrons. The SMILES string of the molecule is CC(C)(C)OC(=O)NCC1CCN(Cc2ccccc2)CCN1Cc1ccccc1. The van der Waals surface area contributed by atoms with Crippen LogP contribution in [-0.2, 0) is 17.8 Å². The van der Waals surface area contributed by atoms with Gasteiger partial charge >= 0.3 is 6.09 Å². The first-order valence-electron chi connectivity index (χ1n) is 10.9. The topological polar surface area (TPSA) is 44.8 Å². The Balaban J connectivity index is 1.63. The molecule has 0 aromatic heterocycles. The van der Waals surface area contributed by atoms with E-state index in [0.29, 0.717) is 6.54 Å². The van der Waals surface area contributed by atoms with E-state index in [9.17, 15) is 4.79 Å². The van der Waals surface area contributed by atoms with Crippen LogP contribution in [0.5, 0.6) is 0 Å². The maximum absolute atomic E-state index is 12.2. The molecule has 5 heteroatoms. The average Bonchev–Trinajstić information content (AvgIpc) is 2.89. The van der Waals surface area contributed by atoms with E-state index in [2.05, 4.69) is 75.8 Å². The number of benzene rings is 2. The zero-order valence-corrected chi connectivity index (χ0v) is 18.5. The normalized spacial score (nSPS) is 18.6. The summed E-state index contributed by atoms with van der Waals surface area (Å²) in [7, 11) is 0. The Morgan fingerprint density at radius 2 is 1.53 bits per heavy atom. The third-order valence-electron chi connectivity index (χ3n) is 5.36. The molecule has 30 heavy (non-hydrogen) atoms. The number of carbonyl (C=O) groups is 1. The Labute approximate surface area is 181 Å². The maximum atomic E-state index is 12.2. The Bertz CT molecular complexity index is 774. The molecule has 5 nitrogen and oxygen atoms in total. The lowest BCUT2D eigenvalue weighted by molar-refractivity contribution is 0.0506. The molecule has 0 saturated carbocycles. The zero-order chi connectivity index (χ0) is 21.4. The van der Waals surface area contributed by atoms with Crippen LogP contribution in [0.25, 0.3) is 0 Å². The lowest BCUT2D eigenvalue weighted by atomic mass is 10.1. The van der Waals surface area contributed by atoms with Crippen molar-refractivity contribution in [1.29, 1.82) is 0 Å². The molecule has 1 aliphatic heterocycles. The van der Waals surface area contributed by atoms with Crippen molar-refractivity contribution in [2.24, 2.45) is 0 Å². The molecule has 0 aliphatic carbocycles. The lowest BCUT2D eigenvalue weighted by Gasteiger charge is -2.30. The van der Waals surface area contributed by atoms with E-state index in [1.54, 1.807) is 0 Å². The molecule has 1 amide bonds. The number of nitrogens with zero attached hydrogens (tertiary/aromatic N) is 2. The third kappa shape index (κ3) is 7.47. The summed E-state index contributed by atoms with van der Waals surface area (Å²) in [5.41, 5.74) is 2.16. The average molecular weight is 410 g/mol. The Kier molecular flexibility index (Phi) is 7.88. The molecule has 2 aromatic carbocycles. The zero-order valence-electron chi connectivity index (χ0n) is 18.5. The second-order valence-corrected chi connectivity index (χ2v) is 9.04. The first-order chi connectivity index (χ1) is 14.4. The summed E-state index contributed by atoms with van der Waals surface area (Å²) in [4.78, 5) is 17.2. The summed E-state index contributed by atoms with van der Waals surface area (Å²) in [5.74, 6) is 0. The predicted octanol–water partition coefficient (Wildman–Crippen LogP) is 4.29. The minimum atomic E-state index is -0.482. The number of nitrogens with one attached hydrogen (secondary N) is 1. The molecular weight excluding hydrogens is 374 g/mol. The van der Waals surface area contributed by atoms with Gasteiger partial charge in [0.05, 0.1) is 0 Å². The Morgan fingerprint density at radius 1 is 0.933 bits per heavy atom. The first-order valence-corrected chi connectivity index (χ1v) is 10.9. The van der Waals surface area contributed by atoms with Gasteiger partial charge in [-0.05, 0) is 38.3 Å². The van der Waals surface area contributed by atoms with Crippen molar-refractivity contribution >= 4 is 6.09 Å². The number of hydrogen-bond acceptors (Lipinski definition) is 4. The molecule has 2 aromatic rings. The molecule has 1 fully saturated rings. The minimum absolute atomic E-state index is 0.276. The molecule has 1 unspecified atom stereocenters. The fraction of sp³-hybridized carbons (Fsp3) is 0.480. The van der Waals surface area contributed by atoms with Crippen LogP contribution in [0.2, 0.25) is 0 Å². The van der Waals surface area contributed by atoms with Crippen molar-refractivity contribution in [2.45, 2.75) is 51.9 Å². The van der Waals surface area contributed by atoms with E-state index < -0.39 is 5.60 Å². The van der Waals surface area contributed by atoms with Crippen molar-refractivity contribution in [2.75, 3.05) is 26.2 Å². The molecule has 1 heterocycles. The molecule has 1 aliphatic rings. The van der Waals surface area contributed by atoms with Crippen molar-refractivity contribution in [3.63, 3.8) is 0 Å². The summed E-state index contributed by atoms with van der Waals surface area (Å²) in [5, 5.41) is 3.00. The van der Waals surface area contributed by atoms with Gasteiger partial charge in [0.15, 0.2) is 0 Å². The van der Waals surface area contributed by atoms with Crippen LogP contribution in [0.15, 0.2) is 60.7 Å². The van der Waals surface area contributed by atoms with Crippen molar-refractivity contribution in [1.82, 2.24) is 15.1 Å². The van der Waals surface area contributed by atoms with Gasteiger partial charge < -0.3 is 10.1 Å². The van der Waals surface area contributed by atoms with Gasteiger partial charge in [0, 0.05) is 45.3 Å². The lowest BCUT2D eigenvalue weighted by Crippen LogP contribution is -2.45. The van der Waals surface area contributed by atoms with Gasteiger partial charge in [0.2, 0.25) is 0 Å². The van der Waals surface area contributed by atoms with E-state index in [4.69, 9.17) is 4.74 Å². The number of carbonyl (C=O) groups excluding carboxylic acids is 1. The summed E-state index contributed by atoms with van der Waals surface area (Å²) in [6.07, 6.45) is 0.669. The Hall–Kier alpha value is -2.37. The third-order valence-corrected chi connectivity index (χ3v) is 5.36. The van der Waals surface area contributed by atoms with E-state index in [-0.39, 0.29) is 12.1 Å². The van der Waals surface area contributed by atoms with E-state index in [1.807, 2.05) is 20.8 Å². The van der Waals surface area contributed by atoms with Gasteiger partial charge in [-0.25, -0.2) is 4.79 Å². The summed E-state index contributed by atoms with van der Waals surface area (Å²) < 4.78 is 5.43. The highest BCUT2D eigenvalue weighted by molar-refractivity contribution is 5.67. The van der Waals surface area contributed by atoms with Gasteiger partial charge in [-0.1, -0.05) is 60.7 Å². The second-order valence-electron chi connectivity index (χ2n) is 9.04. The highest BCUT2D eigenvalue weighted by atomic mass is 16.6. The molecule has 3 rings (SSSR count). The molecule has 1 saturated heterocycles. The van der Waals surface area contributed by atoms with Crippen LogP contribution in [0, 0.1) is 0 Å². The quantitative estimate of drug-likeness (QED) is 0.773. The van der Waals surface area contributed by atoms with Crippen LogP contribution in [0.4, 0.5) is 4.79 Å². The number of amides is 1. The fourth-order valence-corrected chi connectivity index (χ4v) is 3.85. The maximum Gasteiger partial charge on any atom is 0.407 e. The predicted molar refractivity (Wildman–Crippen MR) is 121 cm³/mol. The smallest absolute Gasteiger partial charge is 0.407 e. The summed E-state index contributed by atoms with van der Waals surface area (Å²) in [6, 6.07) is 21.5. The van der Waals surface area contributed by atoms with Crippen LogP contribution < -0.4 is 5.32 Å². The summed E-state index contributed by atoms with van der Waals surface area (Å²) in [6.45, 7) is 11.1. The number of rotatable bonds is 6. The molecule has 0 spiro atoms. The molecule has 0 bridgehead atoms. The van der Waals surface area contributed by atoms with Crippen molar-refractivity contribution in [3.8, 4) is 0 Å². The van der Waals surface area contributed by atoms with E-state index in [1.165, 1.54) is 11.1 Å². The van der Waals surface area contributed by atoms with Gasteiger partial charge in [0.1, 0.15) is 5.60 Å². The molecule has 1 N–H and O–H groups in total. The number of ether oxygens (including phenoxy) is 1. The molecule has 0 radical (unpaired) electrons. The van der Waals surface area contributed by atoms with Crippen LogP contribution in [-0.4, -0.2) is 53.7 Å². The Morgan fingerprint density at radius 3 is 2.13 bits per heavy atom. The monoisotopic (exact) mass is 409 g/mol. The highest BCUT2D eigenvalue weighted by Crippen LogP contribution is 2.17. The van der Waals surface area contributed by atoms with E-state index in [0.717, 1.165) is 39.1 Å².